The summed E-state index contributed by atoms with van der Waals surface area (Å²) in [5.74, 6) is -1.31. The highest BCUT2D eigenvalue weighted by Crippen LogP contribution is 2.25. The molecule has 2 heterocycles. The molecule has 1 saturated heterocycles. The zero-order chi connectivity index (χ0) is 23.9. The summed E-state index contributed by atoms with van der Waals surface area (Å²) in [6.45, 7) is 4.59. The first-order chi connectivity index (χ1) is 16.5. The second-order valence-corrected chi connectivity index (χ2v) is 8.44. The van der Waals surface area contributed by atoms with Crippen LogP contribution in [0.1, 0.15) is 56.6 Å². The zero-order valence-corrected chi connectivity index (χ0v) is 19.1. The van der Waals surface area contributed by atoms with Crippen molar-refractivity contribution < 1.29 is 14.0 Å². The third kappa shape index (κ3) is 5.82. The molecule has 3 aromatic rings. The van der Waals surface area contributed by atoms with E-state index in [0.717, 1.165) is 37.1 Å². The van der Waals surface area contributed by atoms with Crippen LogP contribution in [0.15, 0.2) is 60.9 Å². The van der Waals surface area contributed by atoms with Crippen LogP contribution < -0.4 is 10.6 Å². The van der Waals surface area contributed by atoms with E-state index >= 15 is 0 Å². The minimum absolute atomic E-state index is 0.0248. The number of likely N-dealkylation sites (tertiary alicyclic amines) is 1. The Bertz CT molecular complexity index is 1130. The molecule has 1 atom stereocenters. The lowest BCUT2D eigenvalue weighted by Crippen LogP contribution is -2.38. The van der Waals surface area contributed by atoms with E-state index in [-0.39, 0.29) is 29.8 Å². The lowest BCUT2D eigenvalue weighted by molar-refractivity contribution is 0.0901. The molecule has 0 aliphatic carbocycles. The van der Waals surface area contributed by atoms with E-state index in [1.165, 1.54) is 30.1 Å². The van der Waals surface area contributed by atoms with E-state index in [1.807, 2.05) is 6.92 Å². The average Bonchev–Trinajstić information content (AvgIpc) is 3.39. The van der Waals surface area contributed by atoms with Gasteiger partial charge in [0.25, 0.3) is 11.8 Å². The number of carbonyl (C=O) groups excluding carboxylic acids is 2. The fraction of sp³-hybridized carbons (Fsp3) is 0.308. The highest BCUT2D eigenvalue weighted by atomic mass is 19.1. The molecule has 8 heteroatoms. The average molecular weight is 462 g/mol. The summed E-state index contributed by atoms with van der Waals surface area (Å²) in [6.07, 6.45) is 5.05. The first-order valence-electron chi connectivity index (χ1n) is 11.4. The van der Waals surface area contributed by atoms with Crippen molar-refractivity contribution in [2.24, 2.45) is 0 Å². The standard InChI is InChI=1S/C26H28FN5O2/c1-18-4-8-20(9-5-18)22(32-14-2-3-15-32)17-31-26(34)24-23(28-12-13-29-24)25(33)30-16-19-6-10-21(27)11-7-19/h4-13,22H,2-3,14-17H2,1H3,(H,30,33)(H,31,34). The van der Waals surface area contributed by atoms with Gasteiger partial charge in [-0.3, -0.25) is 14.5 Å². The van der Waals surface area contributed by atoms with Crippen molar-refractivity contribution in [3.05, 3.63) is 94.8 Å². The summed E-state index contributed by atoms with van der Waals surface area (Å²) in [7, 11) is 0. The Hall–Kier alpha value is -3.65. The molecule has 34 heavy (non-hydrogen) atoms. The maximum atomic E-state index is 13.1. The maximum Gasteiger partial charge on any atom is 0.272 e. The van der Waals surface area contributed by atoms with E-state index in [2.05, 4.69) is 49.8 Å². The van der Waals surface area contributed by atoms with Crippen molar-refractivity contribution in [3.8, 4) is 0 Å². The molecule has 2 amide bonds. The molecule has 1 aliphatic heterocycles. The third-order valence-corrected chi connectivity index (χ3v) is 5.99. The van der Waals surface area contributed by atoms with E-state index in [1.54, 1.807) is 12.1 Å². The van der Waals surface area contributed by atoms with Gasteiger partial charge in [0.05, 0.1) is 6.04 Å². The first-order valence-corrected chi connectivity index (χ1v) is 11.4. The van der Waals surface area contributed by atoms with Crippen molar-refractivity contribution in [3.63, 3.8) is 0 Å². The monoisotopic (exact) mass is 461 g/mol. The number of nitrogens with zero attached hydrogens (tertiary/aromatic N) is 3. The number of rotatable bonds is 8. The smallest absolute Gasteiger partial charge is 0.272 e. The molecule has 1 aromatic heterocycles. The Balaban J connectivity index is 1.44. The largest absolute Gasteiger partial charge is 0.349 e. The number of carbonyl (C=O) groups is 2. The highest BCUT2D eigenvalue weighted by Gasteiger charge is 2.26. The summed E-state index contributed by atoms with van der Waals surface area (Å²) in [4.78, 5) is 36.4. The van der Waals surface area contributed by atoms with Gasteiger partial charge in [0.1, 0.15) is 5.82 Å². The molecule has 2 N–H and O–H groups in total. The van der Waals surface area contributed by atoms with Gasteiger partial charge in [0.2, 0.25) is 0 Å². The van der Waals surface area contributed by atoms with Crippen molar-refractivity contribution in [1.29, 1.82) is 0 Å². The topological polar surface area (TPSA) is 87.2 Å². The van der Waals surface area contributed by atoms with Gasteiger partial charge in [-0.25, -0.2) is 14.4 Å². The van der Waals surface area contributed by atoms with E-state index in [0.29, 0.717) is 6.54 Å². The van der Waals surface area contributed by atoms with E-state index in [4.69, 9.17) is 0 Å². The number of benzene rings is 2. The van der Waals surface area contributed by atoms with Crippen LogP contribution in [-0.2, 0) is 6.54 Å². The summed E-state index contributed by atoms with van der Waals surface area (Å²) in [5, 5.41) is 5.68. The van der Waals surface area contributed by atoms with Gasteiger partial charge >= 0.3 is 0 Å². The molecular formula is C26H28FN5O2. The quantitative estimate of drug-likeness (QED) is 0.537. The van der Waals surface area contributed by atoms with Crippen LogP contribution in [0.4, 0.5) is 4.39 Å². The molecule has 1 fully saturated rings. The van der Waals surface area contributed by atoms with Crippen LogP contribution in [0.3, 0.4) is 0 Å². The summed E-state index contributed by atoms with van der Waals surface area (Å²) in [6, 6.07) is 14.2. The number of halogens is 1. The SMILES string of the molecule is Cc1ccc(C(CNC(=O)c2nccnc2C(=O)NCc2ccc(F)cc2)N2CCCC2)cc1. The normalized spacial score (nSPS) is 14.5. The molecule has 1 unspecified atom stereocenters. The van der Waals surface area contributed by atoms with Gasteiger partial charge in [-0.15, -0.1) is 0 Å². The lowest BCUT2D eigenvalue weighted by Gasteiger charge is -2.28. The van der Waals surface area contributed by atoms with E-state index < -0.39 is 11.8 Å². The van der Waals surface area contributed by atoms with Crippen molar-refractivity contribution in [1.82, 2.24) is 25.5 Å². The summed E-state index contributed by atoms with van der Waals surface area (Å²) >= 11 is 0. The number of hydrogen-bond donors (Lipinski definition) is 2. The number of aromatic nitrogens is 2. The van der Waals surface area contributed by atoms with Crippen LogP contribution in [0.25, 0.3) is 0 Å². The van der Waals surface area contributed by atoms with Crippen molar-refractivity contribution in [2.75, 3.05) is 19.6 Å². The third-order valence-electron chi connectivity index (χ3n) is 5.99. The molecule has 0 radical (unpaired) electrons. The molecule has 7 nitrogen and oxygen atoms in total. The molecule has 0 spiro atoms. The number of amides is 2. The van der Waals surface area contributed by atoms with Crippen LogP contribution in [0.2, 0.25) is 0 Å². The van der Waals surface area contributed by atoms with Gasteiger partial charge < -0.3 is 10.6 Å². The maximum absolute atomic E-state index is 13.1. The molecule has 4 rings (SSSR count). The lowest BCUT2D eigenvalue weighted by atomic mass is 10.0. The molecular weight excluding hydrogens is 433 g/mol. The highest BCUT2D eigenvalue weighted by molar-refractivity contribution is 6.04. The Labute approximate surface area is 198 Å². The molecule has 1 aliphatic rings. The van der Waals surface area contributed by atoms with Gasteiger partial charge in [-0.05, 0) is 56.1 Å². The van der Waals surface area contributed by atoms with Crippen molar-refractivity contribution >= 4 is 11.8 Å². The van der Waals surface area contributed by atoms with Crippen molar-refractivity contribution in [2.45, 2.75) is 32.4 Å². The second kappa shape index (κ2) is 11.0. The van der Waals surface area contributed by atoms with E-state index in [9.17, 15) is 14.0 Å². The van der Waals surface area contributed by atoms with Gasteiger partial charge in [0, 0.05) is 25.5 Å². The Morgan fingerprint density at radius 2 is 1.50 bits per heavy atom. The molecule has 0 bridgehead atoms. The fourth-order valence-electron chi connectivity index (χ4n) is 4.11. The predicted octanol–water partition coefficient (Wildman–Crippen LogP) is 3.42. The van der Waals surface area contributed by atoms with Crippen LogP contribution in [0, 0.1) is 12.7 Å². The molecule has 0 saturated carbocycles. The predicted molar refractivity (Wildman–Crippen MR) is 127 cm³/mol. The van der Waals surface area contributed by atoms with Gasteiger partial charge in [-0.2, -0.15) is 0 Å². The number of nitrogens with one attached hydrogen (secondary N) is 2. The minimum Gasteiger partial charge on any atom is -0.349 e. The Morgan fingerprint density at radius 3 is 2.12 bits per heavy atom. The molecule has 176 valence electrons. The van der Waals surface area contributed by atoms with Crippen LogP contribution in [0.5, 0.6) is 0 Å². The van der Waals surface area contributed by atoms with Gasteiger partial charge in [-0.1, -0.05) is 42.0 Å². The Kier molecular flexibility index (Phi) is 7.59. The molecule has 2 aromatic carbocycles. The minimum atomic E-state index is -0.516. The number of aryl methyl sites for hydroxylation is 1. The Morgan fingerprint density at radius 1 is 0.912 bits per heavy atom. The van der Waals surface area contributed by atoms with Crippen LogP contribution >= 0.6 is 0 Å². The number of hydrogen-bond acceptors (Lipinski definition) is 5. The first kappa shape index (κ1) is 23.5. The van der Waals surface area contributed by atoms with Gasteiger partial charge in [0.15, 0.2) is 11.4 Å². The summed E-state index contributed by atoms with van der Waals surface area (Å²) in [5.41, 5.74) is 2.99. The summed E-state index contributed by atoms with van der Waals surface area (Å²) < 4.78 is 13.1. The second-order valence-electron chi connectivity index (χ2n) is 8.44. The van der Waals surface area contributed by atoms with Crippen LogP contribution in [-0.4, -0.2) is 46.3 Å². The zero-order valence-electron chi connectivity index (χ0n) is 19.1. The fourth-order valence-corrected chi connectivity index (χ4v) is 4.11.